The van der Waals surface area contributed by atoms with Gasteiger partial charge in [-0.25, -0.2) is 9.59 Å². The van der Waals surface area contributed by atoms with Crippen LogP contribution in [0.4, 0.5) is 9.59 Å². The largest absolute Gasteiger partial charge is 0.444 e. The second-order valence-corrected chi connectivity index (χ2v) is 11.2. The van der Waals surface area contributed by atoms with Crippen molar-refractivity contribution in [3.8, 4) is 0 Å². The van der Waals surface area contributed by atoms with Crippen LogP contribution in [0.5, 0.6) is 0 Å². The van der Waals surface area contributed by atoms with Crippen LogP contribution in [0.2, 0.25) is 0 Å². The fraction of sp³-hybridized carbons (Fsp3) is 0.571. The van der Waals surface area contributed by atoms with Gasteiger partial charge in [0.25, 0.3) is 5.91 Å². The summed E-state index contributed by atoms with van der Waals surface area (Å²) in [5.74, 6) is -0.485. The number of nitrogens with zero attached hydrogens (tertiary/aromatic N) is 3. The number of urea groups is 1. The molecule has 0 saturated carbocycles. The van der Waals surface area contributed by atoms with Crippen LogP contribution in [-0.2, 0) is 16.0 Å². The van der Waals surface area contributed by atoms with E-state index in [9.17, 15) is 19.2 Å². The SMILES string of the molecule is CC(=O)n1cc(C[C@@H]2CCCN2C(=O)N(CC(C)C)C(=O)[C@H](C)NC(=O)OC(C)(C)C)c2ccccc21. The summed E-state index contributed by atoms with van der Waals surface area (Å²) < 4.78 is 6.92. The molecule has 1 aliphatic heterocycles. The highest BCUT2D eigenvalue weighted by Crippen LogP contribution is 2.28. The minimum Gasteiger partial charge on any atom is -0.444 e. The summed E-state index contributed by atoms with van der Waals surface area (Å²) in [6.07, 6.45) is 3.38. The molecule has 0 spiro atoms. The minimum absolute atomic E-state index is 0.0521. The molecule has 1 fully saturated rings. The maximum atomic E-state index is 13.7. The lowest BCUT2D eigenvalue weighted by atomic mass is 10.0. The van der Waals surface area contributed by atoms with Crippen molar-refractivity contribution >= 4 is 34.8 Å². The summed E-state index contributed by atoms with van der Waals surface area (Å²) in [6.45, 7) is 13.0. The standard InChI is InChI=1S/C28H40N4O5/c1-18(2)16-32(25(34)19(3)29-26(35)37-28(5,6)7)27(36)30-14-10-11-22(30)15-21-17-31(20(4)33)24-13-9-8-12-23(21)24/h8-9,12-13,17-19,22H,10-11,14-16H2,1-7H3,(H,29,35)/t19-,22-/m0/s1. The Balaban J connectivity index is 1.80. The molecule has 2 heterocycles. The average molecular weight is 513 g/mol. The zero-order valence-electron chi connectivity index (χ0n) is 23.0. The van der Waals surface area contributed by atoms with Crippen molar-refractivity contribution in [3.05, 3.63) is 36.0 Å². The molecule has 2 atom stereocenters. The van der Waals surface area contributed by atoms with Crippen LogP contribution in [0.15, 0.2) is 30.5 Å². The molecule has 0 bridgehead atoms. The van der Waals surface area contributed by atoms with Crippen LogP contribution in [0.3, 0.4) is 0 Å². The van der Waals surface area contributed by atoms with E-state index in [2.05, 4.69) is 5.32 Å². The van der Waals surface area contributed by atoms with Crippen LogP contribution < -0.4 is 5.32 Å². The number of imide groups is 1. The first-order chi connectivity index (χ1) is 17.3. The number of nitrogens with one attached hydrogen (secondary N) is 1. The van der Waals surface area contributed by atoms with Gasteiger partial charge in [-0.15, -0.1) is 0 Å². The van der Waals surface area contributed by atoms with Crippen molar-refractivity contribution in [1.82, 2.24) is 19.7 Å². The molecule has 9 heteroatoms. The van der Waals surface area contributed by atoms with Crippen molar-refractivity contribution in [3.63, 3.8) is 0 Å². The van der Waals surface area contributed by atoms with Gasteiger partial charge in [-0.2, -0.15) is 0 Å². The Kier molecular flexibility index (Phi) is 8.66. The average Bonchev–Trinajstić information content (AvgIpc) is 3.40. The van der Waals surface area contributed by atoms with E-state index in [0.29, 0.717) is 13.0 Å². The number of alkyl carbamates (subject to hydrolysis) is 1. The molecule has 9 nitrogen and oxygen atoms in total. The smallest absolute Gasteiger partial charge is 0.408 e. The Hall–Kier alpha value is -3.36. The number of ether oxygens (including phenoxy) is 1. The molecule has 1 aliphatic rings. The maximum Gasteiger partial charge on any atom is 0.408 e. The number of amides is 4. The van der Waals surface area contributed by atoms with E-state index in [4.69, 9.17) is 4.74 Å². The zero-order valence-corrected chi connectivity index (χ0v) is 23.0. The summed E-state index contributed by atoms with van der Waals surface area (Å²) in [4.78, 5) is 54.5. The van der Waals surface area contributed by atoms with E-state index < -0.39 is 23.6 Å². The third-order valence-electron chi connectivity index (χ3n) is 6.36. The van der Waals surface area contributed by atoms with Gasteiger partial charge in [0.05, 0.1) is 5.52 Å². The fourth-order valence-corrected chi connectivity index (χ4v) is 4.79. The molecule has 1 aromatic carbocycles. The van der Waals surface area contributed by atoms with Gasteiger partial charge in [-0.1, -0.05) is 32.0 Å². The summed E-state index contributed by atoms with van der Waals surface area (Å²) in [5.41, 5.74) is 1.14. The van der Waals surface area contributed by atoms with E-state index >= 15 is 0 Å². The molecule has 2 aromatic rings. The maximum absolute atomic E-state index is 13.7. The molecule has 37 heavy (non-hydrogen) atoms. The Bertz CT molecular complexity index is 1160. The monoisotopic (exact) mass is 512 g/mol. The number of hydrogen-bond acceptors (Lipinski definition) is 5. The summed E-state index contributed by atoms with van der Waals surface area (Å²) in [5, 5.41) is 3.55. The van der Waals surface area contributed by atoms with E-state index in [1.54, 1.807) is 37.2 Å². The van der Waals surface area contributed by atoms with Gasteiger partial charge in [-0.3, -0.25) is 19.1 Å². The summed E-state index contributed by atoms with van der Waals surface area (Å²) in [6, 6.07) is 6.37. The highest BCUT2D eigenvalue weighted by Gasteiger charge is 2.37. The van der Waals surface area contributed by atoms with Gasteiger partial charge in [-0.05, 0) is 64.5 Å². The van der Waals surface area contributed by atoms with Crippen LogP contribution in [-0.4, -0.2) is 69.1 Å². The molecule has 1 aromatic heterocycles. The van der Waals surface area contributed by atoms with Gasteiger partial charge >= 0.3 is 12.1 Å². The zero-order chi connectivity index (χ0) is 27.5. The number of carbonyl (C=O) groups is 4. The molecule has 4 amide bonds. The summed E-state index contributed by atoms with van der Waals surface area (Å²) >= 11 is 0. The van der Waals surface area contributed by atoms with E-state index in [1.807, 2.05) is 44.3 Å². The predicted molar refractivity (Wildman–Crippen MR) is 142 cm³/mol. The highest BCUT2D eigenvalue weighted by molar-refractivity contribution is 5.98. The first kappa shape index (κ1) is 28.2. The number of aromatic nitrogens is 1. The van der Waals surface area contributed by atoms with Crippen LogP contribution in [0.25, 0.3) is 10.9 Å². The first-order valence-corrected chi connectivity index (χ1v) is 13.0. The molecule has 0 aliphatic carbocycles. The van der Waals surface area contributed by atoms with Gasteiger partial charge < -0.3 is 15.0 Å². The van der Waals surface area contributed by atoms with Crippen LogP contribution in [0.1, 0.15) is 71.7 Å². The molecular formula is C28H40N4O5. The number of fused-ring (bicyclic) bond motifs is 1. The molecule has 3 rings (SSSR count). The van der Waals surface area contributed by atoms with E-state index in [0.717, 1.165) is 29.3 Å². The third kappa shape index (κ3) is 6.90. The van der Waals surface area contributed by atoms with Crippen molar-refractivity contribution in [2.75, 3.05) is 13.1 Å². The molecular weight excluding hydrogens is 472 g/mol. The molecule has 1 N–H and O–H groups in total. The van der Waals surface area contributed by atoms with E-state index in [-0.39, 0.29) is 30.4 Å². The molecule has 0 unspecified atom stereocenters. The second-order valence-electron chi connectivity index (χ2n) is 11.2. The number of hydrogen-bond donors (Lipinski definition) is 1. The third-order valence-corrected chi connectivity index (χ3v) is 6.36. The lowest BCUT2D eigenvalue weighted by Crippen LogP contribution is -2.55. The quantitative estimate of drug-likeness (QED) is 0.598. The number of likely N-dealkylation sites (tertiary alicyclic amines) is 1. The number of rotatable bonds is 6. The molecule has 1 saturated heterocycles. The molecule has 0 radical (unpaired) electrons. The van der Waals surface area contributed by atoms with Gasteiger partial charge in [0.2, 0.25) is 5.91 Å². The van der Waals surface area contributed by atoms with Crippen molar-refractivity contribution in [2.45, 2.75) is 85.4 Å². The van der Waals surface area contributed by atoms with Gasteiger partial charge in [0.1, 0.15) is 11.6 Å². The fourth-order valence-electron chi connectivity index (χ4n) is 4.79. The van der Waals surface area contributed by atoms with Crippen molar-refractivity contribution in [2.24, 2.45) is 5.92 Å². The number of benzene rings is 1. The first-order valence-electron chi connectivity index (χ1n) is 13.0. The Morgan fingerprint density at radius 3 is 2.43 bits per heavy atom. The number of carbonyl (C=O) groups excluding carboxylic acids is 4. The van der Waals surface area contributed by atoms with Crippen molar-refractivity contribution in [1.29, 1.82) is 0 Å². The van der Waals surface area contributed by atoms with E-state index in [1.165, 1.54) is 11.8 Å². The Morgan fingerprint density at radius 1 is 1.14 bits per heavy atom. The van der Waals surface area contributed by atoms with Gasteiger partial charge in [0, 0.05) is 37.6 Å². The molecule has 202 valence electrons. The Labute approximate surface area is 219 Å². The second kappa shape index (κ2) is 11.4. The topological polar surface area (TPSA) is 101 Å². The predicted octanol–water partition coefficient (Wildman–Crippen LogP) is 4.83. The lowest BCUT2D eigenvalue weighted by Gasteiger charge is -2.33. The van der Waals surface area contributed by atoms with Gasteiger partial charge in [0.15, 0.2) is 0 Å². The Morgan fingerprint density at radius 2 is 1.81 bits per heavy atom. The van der Waals surface area contributed by atoms with Crippen molar-refractivity contribution < 1.29 is 23.9 Å². The van der Waals surface area contributed by atoms with Crippen LogP contribution in [0, 0.1) is 5.92 Å². The normalized spacial score (nSPS) is 16.6. The highest BCUT2D eigenvalue weighted by atomic mass is 16.6. The number of para-hydroxylation sites is 1. The lowest BCUT2D eigenvalue weighted by molar-refractivity contribution is -0.131. The minimum atomic E-state index is -0.924. The summed E-state index contributed by atoms with van der Waals surface area (Å²) in [7, 11) is 0. The van der Waals surface area contributed by atoms with Crippen LogP contribution >= 0.6 is 0 Å².